The Morgan fingerprint density at radius 3 is 2.71 bits per heavy atom. The van der Waals surface area contributed by atoms with E-state index in [1.165, 1.54) is 0 Å². The summed E-state index contributed by atoms with van der Waals surface area (Å²) in [5, 5.41) is 4.90. The van der Waals surface area contributed by atoms with Crippen molar-refractivity contribution in [3.8, 4) is 11.5 Å². The second-order valence-corrected chi connectivity index (χ2v) is 6.77. The number of hydrogen-bond donors (Lipinski definition) is 1. The summed E-state index contributed by atoms with van der Waals surface area (Å²) < 4.78 is 5.28. The standard InChI is InChI=1S/C16H18Cl2N4O2/c1-9(13(19)16(23)22-6-2-3-7-22)14-20-15(24-21-14)11-5-4-10(17)8-12(11)18/h4-5,8-9,13H,2-3,6-7,19H2,1H3/t9-,13-/m0/s1. The molecule has 0 bridgehead atoms. The normalized spacial score (nSPS) is 17.1. The Morgan fingerprint density at radius 1 is 1.33 bits per heavy atom. The molecule has 1 aromatic heterocycles. The minimum Gasteiger partial charge on any atom is -0.341 e. The molecule has 1 saturated heterocycles. The van der Waals surface area contributed by atoms with Gasteiger partial charge in [-0.3, -0.25) is 4.79 Å². The highest BCUT2D eigenvalue weighted by atomic mass is 35.5. The fourth-order valence-electron chi connectivity index (χ4n) is 2.71. The highest BCUT2D eigenvalue weighted by molar-refractivity contribution is 6.36. The Bertz CT molecular complexity index is 743. The van der Waals surface area contributed by atoms with E-state index in [0.29, 0.717) is 21.4 Å². The number of halogens is 2. The Morgan fingerprint density at radius 2 is 2.04 bits per heavy atom. The molecule has 1 aliphatic heterocycles. The summed E-state index contributed by atoms with van der Waals surface area (Å²) in [6.45, 7) is 3.34. The molecule has 0 spiro atoms. The lowest BCUT2D eigenvalue weighted by molar-refractivity contribution is -0.132. The molecule has 2 heterocycles. The molecule has 2 aromatic rings. The molecule has 1 amide bonds. The Hall–Kier alpha value is -1.63. The van der Waals surface area contributed by atoms with Crippen LogP contribution in [0.2, 0.25) is 10.0 Å². The van der Waals surface area contributed by atoms with Crippen LogP contribution in [0.4, 0.5) is 0 Å². The van der Waals surface area contributed by atoms with Gasteiger partial charge in [0.15, 0.2) is 5.82 Å². The summed E-state index contributed by atoms with van der Waals surface area (Å²) in [4.78, 5) is 18.5. The molecular formula is C16H18Cl2N4O2. The number of carbonyl (C=O) groups excluding carboxylic acids is 1. The van der Waals surface area contributed by atoms with Crippen LogP contribution in [0, 0.1) is 0 Å². The average Bonchev–Trinajstić information content (AvgIpc) is 3.24. The summed E-state index contributed by atoms with van der Waals surface area (Å²) in [7, 11) is 0. The Balaban J connectivity index is 1.77. The van der Waals surface area contributed by atoms with Crippen molar-refractivity contribution >= 4 is 29.1 Å². The van der Waals surface area contributed by atoms with E-state index in [9.17, 15) is 4.79 Å². The molecule has 1 aliphatic rings. The highest BCUT2D eigenvalue weighted by Gasteiger charge is 2.31. The highest BCUT2D eigenvalue weighted by Crippen LogP contribution is 2.30. The first-order valence-electron chi connectivity index (χ1n) is 7.81. The van der Waals surface area contributed by atoms with Crippen molar-refractivity contribution < 1.29 is 9.32 Å². The van der Waals surface area contributed by atoms with Gasteiger partial charge in [0.05, 0.1) is 16.6 Å². The molecule has 1 fully saturated rings. The van der Waals surface area contributed by atoms with E-state index < -0.39 is 6.04 Å². The number of nitrogens with zero attached hydrogens (tertiary/aromatic N) is 3. The number of rotatable bonds is 4. The van der Waals surface area contributed by atoms with Crippen LogP contribution < -0.4 is 5.73 Å². The van der Waals surface area contributed by atoms with Crippen molar-refractivity contribution in [1.82, 2.24) is 15.0 Å². The third-order valence-corrected chi connectivity index (χ3v) is 4.80. The average molecular weight is 369 g/mol. The SMILES string of the molecule is C[C@H](c1noc(-c2ccc(Cl)cc2Cl)n1)[C@H](N)C(=O)N1CCCC1. The van der Waals surface area contributed by atoms with Crippen LogP contribution >= 0.6 is 23.2 Å². The van der Waals surface area contributed by atoms with Gasteiger partial charge in [-0.2, -0.15) is 4.98 Å². The summed E-state index contributed by atoms with van der Waals surface area (Å²) in [5.41, 5.74) is 6.70. The molecule has 0 unspecified atom stereocenters. The minimum atomic E-state index is -0.700. The van der Waals surface area contributed by atoms with Gasteiger partial charge in [0.2, 0.25) is 5.91 Å². The lowest BCUT2D eigenvalue weighted by Crippen LogP contribution is -2.45. The lowest BCUT2D eigenvalue weighted by atomic mass is 10.0. The number of amides is 1. The summed E-state index contributed by atoms with van der Waals surface area (Å²) in [6, 6.07) is 4.31. The molecule has 6 nitrogen and oxygen atoms in total. The molecule has 3 rings (SSSR count). The van der Waals surface area contributed by atoms with Gasteiger partial charge < -0.3 is 15.2 Å². The van der Waals surface area contributed by atoms with E-state index in [4.69, 9.17) is 33.5 Å². The number of aromatic nitrogens is 2. The van der Waals surface area contributed by atoms with Gasteiger partial charge in [0, 0.05) is 24.0 Å². The van der Waals surface area contributed by atoms with Crippen LogP contribution in [0.15, 0.2) is 22.7 Å². The summed E-state index contributed by atoms with van der Waals surface area (Å²) in [5.74, 6) is 0.230. The molecule has 8 heteroatoms. The second kappa shape index (κ2) is 7.09. The first kappa shape index (κ1) is 17.2. The van der Waals surface area contributed by atoms with E-state index >= 15 is 0 Å². The van der Waals surface area contributed by atoms with Crippen LogP contribution in [0.25, 0.3) is 11.5 Å². The van der Waals surface area contributed by atoms with Crippen LogP contribution in [-0.2, 0) is 4.79 Å². The van der Waals surface area contributed by atoms with Crippen LogP contribution in [0.5, 0.6) is 0 Å². The predicted molar refractivity (Wildman–Crippen MR) is 92.0 cm³/mol. The van der Waals surface area contributed by atoms with Gasteiger partial charge in [-0.25, -0.2) is 0 Å². The first-order chi connectivity index (χ1) is 11.5. The zero-order chi connectivity index (χ0) is 17.3. The lowest BCUT2D eigenvalue weighted by Gasteiger charge is -2.22. The molecule has 0 aliphatic carbocycles. The van der Waals surface area contributed by atoms with E-state index in [2.05, 4.69) is 10.1 Å². The fraction of sp³-hybridized carbons (Fsp3) is 0.438. The zero-order valence-corrected chi connectivity index (χ0v) is 14.7. The minimum absolute atomic E-state index is 0.0733. The van der Waals surface area contributed by atoms with Crippen molar-refractivity contribution in [2.45, 2.75) is 31.7 Å². The van der Waals surface area contributed by atoms with E-state index in [1.54, 1.807) is 23.1 Å². The maximum absolute atomic E-state index is 12.4. The molecular weight excluding hydrogens is 351 g/mol. The summed E-state index contributed by atoms with van der Waals surface area (Å²) >= 11 is 12.0. The van der Waals surface area contributed by atoms with Crippen molar-refractivity contribution in [1.29, 1.82) is 0 Å². The van der Waals surface area contributed by atoms with E-state index in [-0.39, 0.29) is 17.7 Å². The van der Waals surface area contributed by atoms with Gasteiger partial charge >= 0.3 is 0 Å². The second-order valence-electron chi connectivity index (χ2n) is 5.93. The number of benzene rings is 1. The largest absolute Gasteiger partial charge is 0.341 e. The number of nitrogens with two attached hydrogens (primary N) is 1. The van der Waals surface area contributed by atoms with Crippen molar-refractivity contribution in [3.63, 3.8) is 0 Å². The Labute approximate surface area is 149 Å². The third-order valence-electron chi connectivity index (χ3n) is 4.25. The predicted octanol–water partition coefficient (Wildman–Crippen LogP) is 3.10. The Kier molecular flexibility index (Phi) is 5.08. The van der Waals surface area contributed by atoms with Gasteiger partial charge in [-0.05, 0) is 31.0 Å². The van der Waals surface area contributed by atoms with Crippen LogP contribution in [0.3, 0.4) is 0 Å². The van der Waals surface area contributed by atoms with Gasteiger partial charge in [-0.1, -0.05) is 35.3 Å². The quantitative estimate of drug-likeness (QED) is 0.895. The van der Waals surface area contributed by atoms with Gasteiger partial charge in [0.25, 0.3) is 5.89 Å². The van der Waals surface area contributed by atoms with Gasteiger partial charge in [-0.15, -0.1) is 0 Å². The monoisotopic (exact) mass is 368 g/mol. The smallest absolute Gasteiger partial charge is 0.259 e. The number of hydrogen-bond acceptors (Lipinski definition) is 5. The zero-order valence-electron chi connectivity index (χ0n) is 13.2. The van der Waals surface area contributed by atoms with Crippen LogP contribution in [0.1, 0.15) is 31.5 Å². The fourth-order valence-corrected chi connectivity index (χ4v) is 3.20. The molecule has 1 aromatic carbocycles. The van der Waals surface area contributed by atoms with Crippen molar-refractivity contribution in [2.75, 3.05) is 13.1 Å². The maximum Gasteiger partial charge on any atom is 0.259 e. The molecule has 24 heavy (non-hydrogen) atoms. The molecule has 0 saturated carbocycles. The number of carbonyl (C=O) groups is 1. The number of likely N-dealkylation sites (tertiary alicyclic amines) is 1. The van der Waals surface area contributed by atoms with E-state index in [0.717, 1.165) is 25.9 Å². The summed E-state index contributed by atoms with van der Waals surface area (Å²) in [6.07, 6.45) is 2.04. The molecule has 128 valence electrons. The third kappa shape index (κ3) is 3.41. The van der Waals surface area contributed by atoms with Crippen molar-refractivity contribution in [3.05, 3.63) is 34.1 Å². The topological polar surface area (TPSA) is 85.2 Å². The molecule has 2 atom stereocenters. The molecule has 0 radical (unpaired) electrons. The molecule has 2 N–H and O–H groups in total. The van der Waals surface area contributed by atoms with E-state index in [1.807, 2.05) is 6.92 Å². The first-order valence-corrected chi connectivity index (χ1v) is 8.56. The van der Waals surface area contributed by atoms with Crippen LogP contribution in [-0.4, -0.2) is 40.1 Å². The van der Waals surface area contributed by atoms with Gasteiger partial charge in [0.1, 0.15) is 0 Å². The maximum atomic E-state index is 12.4. The van der Waals surface area contributed by atoms with Crippen molar-refractivity contribution in [2.24, 2.45) is 5.73 Å².